The van der Waals surface area contributed by atoms with Crippen LogP contribution in [0.25, 0.3) is 11.0 Å². The van der Waals surface area contributed by atoms with E-state index in [0.717, 1.165) is 23.2 Å². The number of rotatable bonds is 9. The van der Waals surface area contributed by atoms with Gasteiger partial charge in [-0.3, -0.25) is 9.48 Å². The lowest BCUT2D eigenvalue weighted by Gasteiger charge is -2.13. The second-order valence-corrected chi connectivity index (χ2v) is 8.08. The lowest BCUT2D eigenvalue weighted by atomic mass is 9.95. The van der Waals surface area contributed by atoms with Crippen molar-refractivity contribution in [3.63, 3.8) is 0 Å². The highest BCUT2D eigenvalue weighted by Crippen LogP contribution is 2.40. The summed E-state index contributed by atoms with van der Waals surface area (Å²) in [6.07, 6.45) is 1.88. The van der Waals surface area contributed by atoms with Crippen molar-refractivity contribution >= 4 is 40.2 Å². The SMILES string of the molecule is CCOCCn1cc2c(C3C(=O)Nc4ccc(Cl)cc43)nc(NCCN(C)C)nc2n1. The molecule has 0 aliphatic carbocycles. The molecule has 0 spiro atoms. The van der Waals surface area contributed by atoms with E-state index in [1.165, 1.54) is 0 Å². The molecule has 1 unspecified atom stereocenters. The van der Waals surface area contributed by atoms with Gasteiger partial charge in [-0.1, -0.05) is 11.6 Å². The van der Waals surface area contributed by atoms with E-state index in [0.29, 0.717) is 48.6 Å². The monoisotopic (exact) mass is 443 g/mol. The van der Waals surface area contributed by atoms with E-state index in [4.69, 9.17) is 21.3 Å². The molecule has 10 heteroatoms. The lowest BCUT2D eigenvalue weighted by Crippen LogP contribution is -2.22. The summed E-state index contributed by atoms with van der Waals surface area (Å²) in [7, 11) is 4.00. The van der Waals surface area contributed by atoms with Crippen molar-refractivity contribution in [3.8, 4) is 0 Å². The van der Waals surface area contributed by atoms with Gasteiger partial charge in [-0.25, -0.2) is 4.98 Å². The van der Waals surface area contributed by atoms with E-state index in [1.54, 1.807) is 10.7 Å². The number of nitrogens with one attached hydrogen (secondary N) is 2. The Bertz CT molecular complexity index is 1100. The van der Waals surface area contributed by atoms with Crippen molar-refractivity contribution in [2.75, 3.05) is 51.0 Å². The van der Waals surface area contributed by atoms with Crippen LogP contribution in [0.4, 0.5) is 11.6 Å². The first-order chi connectivity index (χ1) is 15.0. The molecule has 0 saturated heterocycles. The van der Waals surface area contributed by atoms with Crippen LogP contribution < -0.4 is 10.6 Å². The predicted octanol–water partition coefficient (Wildman–Crippen LogP) is 2.57. The molecule has 0 radical (unpaired) electrons. The number of halogens is 1. The molecule has 3 heterocycles. The van der Waals surface area contributed by atoms with E-state index in [9.17, 15) is 4.79 Å². The summed E-state index contributed by atoms with van der Waals surface area (Å²) >= 11 is 6.23. The number of hydrogen-bond acceptors (Lipinski definition) is 7. The van der Waals surface area contributed by atoms with Crippen molar-refractivity contribution in [2.45, 2.75) is 19.4 Å². The number of likely N-dealkylation sites (N-methyl/N-ethyl adjacent to an activating group) is 1. The van der Waals surface area contributed by atoms with Crippen LogP contribution >= 0.6 is 11.6 Å². The highest BCUT2D eigenvalue weighted by Gasteiger charge is 2.35. The Hall–Kier alpha value is -2.75. The number of benzene rings is 1. The molecule has 1 aliphatic rings. The predicted molar refractivity (Wildman–Crippen MR) is 121 cm³/mol. The number of carbonyl (C=O) groups is 1. The minimum absolute atomic E-state index is 0.140. The van der Waals surface area contributed by atoms with Gasteiger partial charge in [-0.15, -0.1) is 0 Å². The Labute approximate surface area is 185 Å². The number of nitrogens with zero attached hydrogens (tertiary/aromatic N) is 5. The molecule has 2 N–H and O–H groups in total. The second-order valence-electron chi connectivity index (χ2n) is 7.64. The van der Waals surface area contributed by atoms with Crippen LogP contribution in [0.2, 0.25) is 5.02 Å². The highest BCUT2D eigenvalue weighted by atomic mass is 35.5. The van der Waals surface area contributed by atoms with Gasteiger partial charge in [-0.2, -0.15) is 10.1 Å². The van der Waals surface area contributed by atoms with Gasteiger partial charge in [0.1, 0.15) is 5.92 Å². The molecule has 9 nitrogen and oxygen atoms in total. The largest absolute Gasteiger partial charge is 0.380 e. The molecule has 1 aromatic carbocycles. The fourth-order valence-electron chi connectivity index (χ4n) is 3.59. The number of hydrogen-bond donors (Lipinski definition) is 2. The van der Waals surface area contributed by atoms with Crippen LogP contribution in [-0.2, 0) is 16.1 Å². The third kappa shape index (κ3) is 4.63. The fourth-order valence-corrected chi connectivity index (χ4v) is 3.77. The first-order valence-corrected chi connectivity index (χ1v) is 10.7. The minimum Gasteiger partial charge on any atom is -0.380 e. The normalized spacial score (nSPS) is 15.5. The van der Waals surface area contributed by atoms with Crippen LogP contribution in [0.15, 0.2) is 24.4 Å². The van der Waals surface area contributed by atoms with E-state index >= 15 is 0 Å². The first-order valence-electron chi connectivity index (χ1n) is 10.3. The molecule has 0 bridgehead atoms. The smallest absolute Gasteiger partial charge is 0.238 e. The zero-order chi connectivity index (χ0) is 22.0. The second kappa shape index (κ2) is 9.17. The summed E-state index contributed by atoms with van der Waals surface area (Å²) in [6, 6.07) is 5.39. The Morgan fingerprint density at radius 1 is 1.32 bits per heavy atom. The van der Waals surface area contributed by atoms with Crippen LogP contribution in [0.3, 0.4) is 0 Å². The maximum atomic E-state index is 12.9. The molecule has 2 aromatic heterocycles. The first kappa shape index (κ1) is 21.5. The molecule has 164 valence electrons. The lowest BCUT2D eigenvalue weighted by molar-refractivity contribution is -0.116. The maximum absolute atomic E-state index is 12.9. The van der Waals surface area contributed by atoms with Gasteiger partial charge in [0.05, 0.1) is 24.2 Å². The summed E-state index contributed by atoms with van der Waals surface area (Å²) in [4.78, 5) is 24.3. The van der Waals surface area contributed by atoms with Gasteiger partial charge in [0.25, 0.3) is 0 Å². The van der Waals surface area contributed by atoms with Gasteiger partial charge in [-0.05, 0) is 44.8 Å². The summed E-state index contributed by atoms with van der Waals surface area (Å²) in [5, 5.41) is 12.1. The van der Waals surface area contributed by atoms with Gasteiger partial charge < -0.3 is 20.3 Å². The van der Waals surface area contributed by atoms with E-state index < -0.39 is 5.92 Å². The van der Waals surface area contributed by atoms with E-state index in [-0.39, 0.29) is 5.91 Å². The standard InChI is InChI=1S/C21H26ClN7O2/c1-4-31-10-9-29-12-15-18(17-14-11-13(22)5-6-16(14)24-20(17)30)25-21(26-19(15)27-29)23-7-8-28(2)3/h5-6,11-12,17H,4,7-10H2,1-3H3,(H,24,30)(H,23,26,27). The summed E-state index contributed by atoms with van der Waals surface area (Å²) in [5.41, 5.74) is 2.70. The number of aromatic nitrogens is 4. The third-order valence-corrected chi connectivity index (χ3v) is 5.32. The van der Waals surface area contributed by atoms with Crippen LogP contribution in [0.5, 0.6) is 0 Å². The van der Waals surface area contributed by atoms with Crippen molar-refractivity contribution in [1.82, 2.24) is 24.6 Å². The average Bonchev–Trinajstić information content (AvgIpc) is 3.27. The van der Waals surface area contributed by atoms with Crippen LogP contribution in [0.1, 0.15) is 24.1 Å². The maximum Gasteiger partial charge on any atom is 0.238 e. The summed E-state index contributed by atoms with van der Waals surface area (Å²) < 4.78 is 7.23. The summed E-state index contributed by atoms with van der Waals surface area (Å²) in [6.45, 7) is 5.22. The molecule has 1 atom stereocenters. The number of fused-ring (bicyclic) bond motifs is 2. The number of anilines is 2. The topological polar surface area (TPSA) is 97.2 Å². The molecule has 1 aliphatic heterocycles. The zero-order valence-corrected chi connectivity index (χ0v) is 18.6. The third-order valence-electron chi connectivity index (χ3n) is 5.09. The van der Waals surface area contributed by atoms with Gasteiger partial charge in [0.15, 0.2) is 5.65 Å². The van der Waals surface area contributed by atoms with Crippen molar-refractivity contribution in [1.29, 1.82) is 0 Å². The van der Waals surface area contributed by atoms with Gasteiger partial charge >= 0.3 is 0 Å². The van der Waals surface area contributed by atoms with Crippen molar-refractivity contribution < 1.29 is 9.53 Å². The average molecular weight is 444 g/mol. The van der Waals surface area contributed by atoms with Crippen LogP contribution in [-0.4, -0.2) is 71.0 Å². The Morgan fingerprint density at radius 3 is 2.94 bits per heavy atom. The van der Waals surface area contributed by atoms with E-state index in [1.807, 2.05) is 39.3 Å². The Morgan fingerprint density at radius 2 is 2.16 bits per heavy atom. The molecular weight excluding hydrogens is 418 g/mol. The van der Waals surface area contributed by atoms with Crippen molar-refractivity contribution in [3.05, 3.63) is 40.7 Å². The van der Waals surface area contributed by atoms with Gasteiger partial charge in [0, 0.05) is 36.6 Å². The number of amides is 1. The van der Waals surface area contributed by atoms with Crippen molar-refractivity contribution in [2.24, 2.45) is 0 Å². The molecule has 1 amide bonds. The highest BCUT2D eigenvalue weighted by molar-refractivity contribution is 6.31. The quantitative estimate of drug-likeness (QED) is 0.490. The number of ether oxygens (including phenoxy) is 1. The Balaban J connectivity index is 1.76. The zero-order valence-electron chi connectivity index (χ0n) is 17.9. The molecule has 4 rings (SSSR count). The summed E-state index contributed by atoms with van der Waals surface area (Å²) in [5.74, 6) is -0.278. The molecule has 31 heavy (non-hydrogen) atoms. The van der Waals surface area contributed by atoms with Gasteiger partial charge in [0.2, 0.25) is 11.9 Å². The fraction of sp³-hybridized carbons (Fsp3) is 0.429. The molecule has 0 fully saturated rings. The molecular formula is C21H26ClN7O2. The van der Waals surface area contributed by atoms with Crippen LogP contribution in [0, 0.1) is 0 Å². The minimum atomic E-state index is -0.585. The molecule has 3 aromatic rings. The Kier molecular flexibility index (Phi) is 6.35. The van der Waals surface area contributed by atoms with E-state index in [2.05, 4.69) is 25.6 Å². The molecule has 0 saturated carbocycles. The number of carbonyl (C=O) groups excluding carboxylic acids is 1.